The van der Waals surface area contributed by atoms with Gasteiger partial charge in [-0.25, -0.2) is 4.39 Å². The van der Waals surface area contributed by atoms with Crippen molar-refractivity contribution in [1.29, 1.82) is 0 Å². The van der Waals surface area contributed by atoms with Crippen LogP contribution in [0.15, 0.2) is 96.6 Å². The normalized spacial score (nSPS) is 17.9. The molecule has 154 valence electrons. The fraction of sp³-hybridized carbons (Fsp3) is 0.103. The zero-order chi connectivity index (χ0) is 22.0. The molecule has 0 amide bonds. The van der Waals surface area contributed by atoms with Crippen LogP contribution in [-0.2, 0) is 5.41 Å². The highest BCUT2D eigenvalue weighted by Crippen LogP contribution is 2.46. The Balaban J connectivity index is 2.03. The lowest BCUT2D eigenvalue weighted by molar-refractivity contribution is 0.613. The van der Waals surface area contributed by atoms with Crippen LogP contribution in [0.1, 0.15) is 47.2 Å². The highest BCUT2D eigenvalue weighted by atomic mass is 35.5. The third-order valence-electron chi connectivity index (χ3n) is 5.95. The molecule has 0 spiro atoms. The SMILES string of the molecule is C=C(/C=C(Cl)\C=C/C)c1ccccc1C1(C)c2ccccc2C=Cc2ccc(F)cc21. The van der Waals surface area contributed by atoms with Crippen LogP contribution < -0.4 is 0 Å². The van der Waals surface area contributed by atoms with E-state index in [0.29, 0.717) is 5.03 Å². The molecule has 0 heterocycles. The minimum absolute atomic E-state index is 0.245. The van der Waals surface area contributed by atoms with Gasteiger partial charge in [0.2, 0.25) is 0 Å². The maximum atomic E-state index is 14.5. The summed E-state index contributed by atoms with van der Waals surface area (Å²) in [5.41, 5.74) is 6.44. The number of hydrogen-bond donors (Lipinski definition) is 0. The van der Waals surface area contributed by atoms with Gasteiger partial charge in [-0.2, -0.15) is 0 Å². The molecule has 0 fully saturated rings. The van der Waals surface area contributed by atoms with Crippen LogP contribution in [0, 0.1) is 5.82 Å². The molecule has 31 heavy (non-hydrogen) atoms. The van der Waals surface area contributed by atoms with Crippen LogP contribution >= 0.6 is 11.6 Å². The summed E-state index contributed by atoms with van der Waals surface area (Å²) < 4.78 is 14.5. The molecule has 0 saturated carbocycles. The minimum atomic E-state index is -0.585. The molecular formula is C29H24ClF. The van der Waals surface area contributed by atoms with E-state index in [1.54, 1.807) is 6.07 Å². The van der Waals surface area contributed by atoms with Gasteiger partial charge in [-0.15, -0.1) is 0 Å². The average molecular weight is 427 g/mol. The Morgan fingerprint density at radius 1 is 0.903 bits per heavy atom. The summed E-state index contributed by atoms with van der Waals surface area (Å²) in [6, 6.07) is 21.5. The first kappa shape index (κ1) is 21.1. The molecule has 1 aliphatic rings. The number of fused-ring (bicyclic) bond motifs is 2. The lowest BCUT2D eigenvalue weighted by Crippen LogP contribution is -2.28. The van der Waals surface area contributed by atoms with Gasteiger partial charge >= 0.3 is 0 Å². The zero-order valence-corrected chi connectivity index (χ0v) is 18.5. The largest absolute Gasteiger partial charge is 0.207 e. The van der Waals surface area contributed by atoms with Crippen molar-refractivity contribution in [2.24, 2.45) is 0 Å². The monoisotopic (exact) mass is 426 g/mol. The van der Waals surface area contributed by atoms with Crippen LogP contribution in [0.2, 0.25) is 0 Å². The summed E-state index contributed by atoms with van der Waals surface area (Å²) in [6.07, 6.45) is 9.78. The summed E-state index contributed by atoms with van der Waals surface area (Å²) in [4.78, 5) is 0. The van der Waals surface area contributed by atoms with Crippen molar-refractivity contribution in [3.8, 4) is 0 Å². The van der Waals surface area contributed by atoms with E-state index in [9.17, 15) is 4.39 Å². The van der Waals surface area contributed by atoms with Crippen molar-refractivity contribution in [3.05, 3.63) is 136 Å². The fourth-order valence-corrected chi connectivity index (χ4v) is 4.73. The predicted octanol–water partition coefficient (Wildman–Crippen LogP) is 8.38. The maximum Gasteiger partial charge on any atom is 0.123 e. The van der Waals surface area contributed by atoms with E-state index in [1.165, 1.54) is 6.07 Å². The van der Waals surface area contributed by atoms with Crippen LogP contribution in [0.4, 0.5) is 4.39 Å². The number of rotatable bonds is 4. The van der Waals surface area contributed by atoms with Crippen LogP contribution in [-0.4, -0.2) is 0 Å². The third kappa shape index (κ3) is 3.82. The Morgan fingerprint density at radius 2 is 1.55 bits per heavy atom. The third-order valence-corrected chi connectivity index (χ3v) is 6.18. The minimum Gasteiger partial charge on any atom is -0.207 e. The first-order valence-corrected chi connectivity index (χ1v) is 10.7. The molecule has 0 nitrogen and oxygen atoms in total. The quantitative estimate of drug-likeness (QED) is 0.367. The molecule has 0 aromatic heterocycles. The van der Waals surface area contributed by atoms with E-state index < -0.39 is 5.41 Å². The van der Waals surface area contributed by atoms with E-state index in [0.717, 1.165) is 39.0 Å². The molecule has 0 saturated heterocycles. The van der Waals surface area contributed by atoms with Crippen LogP contribution in [0.5, 0.6) is 0 Å². The summed E-state index contributed by atoms with van der Waals surface area (Å²) in [7, 11) is 0. The fourth-order valence-electron chi connectivity index (χ4n) is 4.47. The number of hydrogen-bond acceptors (Lipinski definition) is 0. The summed E-state index contributed by atoms with van der Waals surface area (Å²) in [6.45, 7) is 8.39. The second kappa shape index (κ2) is 8.53. The highest BCUT2D eigenvalue weighted by Gasteiger charge is 2.37. The Hall–Kier alpha value is -3.16. The van der Waals surface area contributed by atoms with E-state index in [2.05, 4.69) is 49.9 Å². The summed E-state index contributed by atoms with van der Waals surface area (Å²) in [5, 5.41) is 0.613. The van der Waals surface area contributed by atoms with Crippen molar-refractivity contribution >= 4 is 29.3 Å². The van der Waals surface area contributed by atoms with Gasteiger partial charge < -0.3 is 0 Å². The van der Waals surface area contributed by atoms with Gasteiger partial charge in [0, 0.05) is 10.4 Å². The van der Waals surface area contributed by atoms with Gasteiger partial charge in [0.15, 0.2) is 0 Å². The van der Waals surface area contributed by atoms with Gasteiger partial charge in [0.1, 0.15) is 5.82 Å². The highest BCUT2D eigenvalue weighted by molar-refractivity contribution is 6.31. The molecule has 0 N–H and O–H groups in total. The van der Waals surface area contributed by atoms with Crippen LogP contribution in [0.25, 0.3) is 17.7 Å². The smallest absolute Gasteiger partial charge is 0.123 e. The first-order valence-electron chi connectivity index (χ1n) is 10.3. The maximum absolute atomic E-state index is 14.5. The molecule has 0 aliphatic heterocycles. The van der Waals surface area contributed by atoms with Crippen molar-refractivity contribution in [2.75, 3.05) is 0 Å². The summed E-state index contributed by atoms with van der Waals surface area (Å²) in [5.74, 6) is -0.245. The van der Waals surface area contributed by atoms with Crippen molar-refractivity contribution in [2.45, 2.75) is 19.3 Å². The Kier molecular flexibility index (Phi) is 5.80. The van der Waals surface area contributed by atoms with E-state index in [1.807, 2.05) is 55.5 Å². The second-order valence-electron chi connectivity index (χ2n) is 7.88. The van der Waals surface area contributed by atoms with Gasteiger partial charge in [-0.05, 0) is 77.1 Å². The molecule has 0 bridgehead atoms. The topological polar surface area (TPSA) is 0 Å². The summed E-state index contributed by atoms with van der Waals surface area (Å²) >= 11 is 6.36. The molecule has 1 unspecified atom stereocenters. The van der Waals surface area contributed by atoms with Crippen molar-refractivity contribution in [1.82, 2.24) is 0 Å². The van der Waals surface area contributed by atoms with Gasteiger partial charge in [0.25, 0.3) is 0 Å². The average Bonchev–Trinajstić information content (AvgIpc) is 2.89. The Morgan fingerprint density at radius 3 is 2.29 bits per heavy atom. The van der Waals surface area contributed by atoms with E-state index in [-0.39, 0.29) is 5.82 Å². The standard InChI is InChI=1S/C29H24ClF/c1-4-9-23(30)18-20(2)25-11-6-8-13-27(25)29(3)26-12-7-5-10-21(26)14-15-22-16-17-24(31)19-28(22)29/h4-19H,2H2,1,3H3/b9-4-,23-18+. The Labute approximate surface area is 188 Å². The lowest BCUT2D eigenvalue weighted by Gasteiger charge is -2.35. The van der Waals surface area contributed by atoms with Gasteiger partial charge in [0.05, 0.1) is 0 Å². The molecule has 1 atom stereocenters. The lowest BCUT2D eigenvalue weighted by atomic mass is 9.67. The predicted molar refractivity (Wildman–Crippen MR) is 132 cm³/mol. The van der Waals surface area contributed by atoms with Gasteiger partial charge in [-0.1, -0.05) is 91.0 Å². The first-order chi connectivity index (χ1) is 14.9. The molecule has 3 aromatic rings. The molecule has 1 aliphatic carbocycles. The van der Waals surface area contributed by atoms with E-state index >= 15 is 0 Å². The zero-order valence-electron chi connectivity index (χ0n) is 17.7. The molecule has 0 radical (unpaired) electrons. The van der Waals surface area contributed by atoms with Crippen molar-refractivity contribution in [3.63, 3.8) is 0 Å². The van der Waals surface area contributed by atoms with Crippen LogP contribution in [0.3, 0.4) is 0 Å². The number of allylic oxidation sites excluding steroid dienone is 5. The van der Waals surface area contributed by atoms with Gasteiger partial charge in [-0.3, -0.25) is 0 Å². The number of benzene rings is 3. The molecule has 3 aromatic carbocycles. The van der Waals surface area contributed by atoms with Crippen molar-refractivity contribution < 1.29 is 4.39 Å². The Bertz CT molecular complexity index is 1250. The molecule has 4 rings (SSSR count). The number of halogens is 2. The van der Waals surface area contributed by atoms with E-state index in [4.69, 9.17) is 11.6 Å². The molecular weight excluding hydrogens is 403 g/mol. The second-order valence-corrected chi connectivity index (χ2v) is 8.31. The molecule has 2 heteroatoms.